The lowest BCUT2D eigenvalue weighted by Gasteiger charge is -2.05. The van der Waals surface area contributed by atoms with E-state index in [1.165, 1.54) is 13.2 Å². The minimum atomic E-state index is -0.481. The zero-order valence-corrected chi connectivity index (χ0v) is 13.2. The maximum absolute atomic E-state index is 14.1. The van der Waals surface area contributed by atoms with E-state index in [1.807, 2.05) is 0 Å². The molecule has 0 amide bonds. The third kappa shape index (κ3) is 2.62. The first-order valence-corrected chi connectivity index (χ1v) is 7.20. The Kier molecular flexibility index (Phi) is 4.04. The van der Waals surface area contributed by atoms with E-state index in [4.69, 9.17) is 4.52 Å². The van der Waals surface area contributed by atoms with Crippen LogP contribution in [0.4, 0.5) is 4.39 Å². The summed E-state index contributed by atoms with van der Waals surface area (Å²) in [5.41, 5.74) is 2.83. The summed E-state index contributed by atoms with van der Waals surface area (Å²) in [5, 5.41) is 3.97. The lowest BCUT2D eigenvalue weighted by molar-refractivity contribution is 0.0595. The van der Waals surface area contributed by atoms with E-state index >= 15 is 0 Å². The van der Waals surface area contributed by atoms with E-state index in [0.717, 1.165) is 0 Å². The molecule has 0 saturated heterocycles. The molecular formula is C18H15FN2O3. The first-order chi connectivity index (χ1) is 11.5. The lowest BCUT2D eigenvalue weighted by atomic mass is 9.96. The molecule has 0 bridgehead atoms. The second-order valence-corrected chi connectivity index (χ2v) is 5.21. The fourth-order valence-electron chi connectivity index (χ4n) is 2.51. The van der Waals surface area contributed by atoms with Crippen LogP contribution < -0.4 is 0 Å². The highest BCUT2D eigenvalue weighted by molar-refractivity contribution is 5.92. The first-order valence-electron chi connectivity index (χ1n) is 7.20. The van der Waals surface area contributed by atoms with E-state index in [-0.39, 0.29) is 0 Å². The number of carbonyl (C=O) groups is 1. The van der Waals surface area contributed by atoms with Crippen molar-refractivity contribution in [2.45, 2.75) is 6.92 Å². The SMILES string of the molecule is C=C(c1c[nH]c(C(=O)OC)c1)c1c(-c2ccccc2F)noc1C. The quantitative estimate of drug-likeness (QED) is 0.737. The minimum absolute atomic E-state index is 0.301. The molecule has 0 atom stereocenters. The van der Waals surface area contributed by atoms with Gasteiger partial charge in [-0.2, -0.15) is 0 Å². The van der Waals surface area contributed by atoms with Crippen LogP contribution in [0.2, 0.25) is 0 Å². The van der Waals surface area contributed by atoms with Crippen LogP contribution >= 0.6 is 0 Å². The Hall–Kier alpha value is -3.15. The van der Waals surface area contributed by atoms with Gasteiger partial charge in [0.2, 0.25) is 0 Å². The predicted molar refractivity (Wildman–Crippen MR) is 86.9 cm³/mol. The van der Waals surface area contributed by atoms with E-state index in [2.05, 4.69) is 21.5 Å². The van der Waals surface area contributed by atoms with Gasteiger partial charge in [-0.15, -0.1) is 0 Å². The van der Waals surface area contributed by atoms with Gasteiger partial charge in [-0.1, -0.05) is 23.9 Å². The number of halogens is 1. The molecule has 0 spiro atoms. The summed E-state index contributed by atoms with van der Waals surface area (Å²) < 4.78 is 24.0. The number of methoxy groups -OCH3 is 1. The van der Waals surface area contributed by atoms with Crippen LogP contribution in [-0.2, 0) is 4.74 Å². The van der Waals surface area contributed by atoms with Crippen molar-refractivity contribution >= 4 is 11.5 Å². The van der Waals surface area contributed by atoms with Gasteiger partial charge in [0.1, 0.15) is 23.0 Å². The van der Waals surface area contributed by atoms with Gasteiger partial charge in [0.25, 0.3) is 0 Å². The van der Waals surface area contributed by atoms with Crippen molar-refractivity contribution in [3.63, 3.8) is 0 Å². The van der Waals surface area contributed by atoms with Gasteiger partial charge in [0.15, 0.2) is 0 Å². The second kappa shape index (κ2) is 6.16. The van der Waals surface area contributed by atoms with Crippen LogP contribution in [0.1, 0.15) is 27.4 Å². The van der Waals surface area contributed by atoms with Crippen molar-refractivity contribution in [2.75, 3.05) is 7.11 Å². The molecule has 5 nitrogen and oxygen atoms in total. The average molecular weight is 326 g/mol. The number of ether oxygens (including phenoxy) is 1. The predicted octanol–water partition coefficient (Wildman–Crippen LogP) is 3.97. The monoisotopic (exact) mass is 326 g/mol. The standard InChI is InChI=1S/C18H15FN2O3/c1-10(12-8-15(20-9-12)18(22)23-3)16-11(2)24-21-17(16)13-6-4-5-7-14(13)19/h4-9,20H,1H2,2-3H3. The Morgan fingerprint density at radius 1 is 1.38 bits per heavy atom. The topological polar surface area (TPSA) is 68.1 Å². The fraction of sp³-hybridized carbons (Fsp3) is 0.111. The minimum Gasteiger partial charge on any atom is -0.464 e. The van der Waals surface area contributed by atoms with E-state index < -0.39 is 11.8 Å². The number of carbonyl (C=O) groups excluding carboxylic acids is 1. The molecule has 0 aliphatic heterocycles. The van der Waals surface area contributed by atoms with Gasteiger partial charge in [0.05, 0.1) is 12.7 Å². The average Bonchev–Trinajstić information content (AvgIpc) is 3.21. The zero-order chi connectivity index (χ0) is 17.3. The van der Waals surface area contributed by atoms with Crippen molar-refractivity contribution < 1.29 is 18.4 Å². The lowest BCUT2D eigenvalue weighted by Crippen LogP contribution is -2.00. The van der Waals surface area contributed by atoms with Gasteiger partial charge >= 0.3 is 5.97 Å². The van der Waals surface area contributed by atoms with Crippen molar-refractivity contribution in [3.8, 4) is 11.3 Å². The van der Waals surface area contributed by atoms with Crippen LogP contribution in [0.15, 0.2) is 47.6 Å². The number of esters is 1. The number of nitrogens with one attached hydrogen (secondary N) is 1. The van der Waals surface area contributed by atoms with Crippen molar-refractivity contribution in [1.82, 2.24) is 10.1 Å². The second-order valence-electron chi connectivity index (χ2n) is 5.21. The van der Waals surface area contributed by atoms with Crippen LogP contribution in [0.5, 0.6) is 0 Å². The third-order valence-electron chi connectivity index (χ3n) is 3.73. The molecule has 0 saturated carbocycles. The van der Waals surface area contributed by atoms with Crippen LogP contribution in [0.3, 0.4) is 0 Å². The third-order valence-corrected chi connectivity index (χ3v) is 3.73. The van der Waals surface area contributed by atoms with Gasteiger partial charge < -0.3 is 14.2 Å². The molecule has 1 N–H and O–H groups in total. The Morgan fingerprint density at radius 2 is 2.12 bits per heavy atom. The molecule has 2 heterocycles. The normalized spacial score (nSPS) is 10.6. The highest BCUT2D eigenvalue weighted by Crippen LogP contribution is 2.34. The highest BCUT2D eigenvalue weighted by Gasteiger charge is 2.21. The van der Waals surface area contributed by atoms with E-state index in [0.29, 0.717) is 39.4 Å². The molecule has 0 fully saturated rings. The zero-order valence-electron chi connectivity index (χ0n) is 13.2. The smallest absolute Gasteiger partial charge is 0.354 e. The number of H-pyrrole nitrogens is 1. The molecule has 0 aliphatic carbocycles. The molecule has 24 heavy (non-hydrogen) atoms. The Labute approximate surface area is 137 Å². The molecule has 0 aliphatic rings. The van der Waals surface area contributed by atoms with Gasteiger partial charge in [-0.05, 0) is 30.7 Å². The van der Waals surface area contributed by atoms with Crippen molar-refractivity contribution in [3.05, 3.63) is 71.5 Å². The maximum Gasteiger partial charge on any atom is 0.354 e. The Morgan fingerprint density at radius 3 is 2.83 bits per heavy atom. The van der Waals surface area contributed by atoms with Gasteiger partial charge in [-0.3, -0.25) is 0 Å². The number of aryl methyl sites for hydroxylation is 1. The molecular weight excluding hydrogens is 311 g/mol. The number of aromatic amines is 1. The summed E-state index contributed by atoms with van der Waals surface area (Å²) in [6, 6.07) is 7.93. The summed E-state index contributed by atoms with van der Waals surface area (Å²) in [5.74, 6) is -0.367. The maximum atomic E-state index is 14.1. The van der Waals surface area contributed by atoms with Crippen LogP contribution in [0, 0.1) is 12.7 Å². The van der Waals surface area contributed by atoms with Gasteiger partial charge in [-0.25, -0.2) is 9.18 Å². The Bertz CT molecular complexity index is 924. The van der Waals surface area contributed by atoms with Gasteiger partial charge in [0, 0.05) is 17.3 Å². The van der Waals surface area contributed by atoms with E-state index in [1.54, 1.807) is 37.4 Å². The summed E-state index contributed by atoms with van der Waals surface area (Å²) in [6.45, 7) is 5.78. The molecule has 0 unspecified atom stereocenters. The molecule has 2 aromatic heterocycles. The number of benzene rings is 1. The van der Waals surface area contributed by atoms with Crippen LogP contribution in [0.25, 0.3) is 16.8 Å². The van der Waals surface area contributed by atoms with Crippen molar-refractivity contribution in [2.24, 2.45) is 0 Å². The Balaban J connectivity index is 2.05. The van der Waals surface area contributed by atoms with E-state index in [9.17, 15) is 9.18 Å². The van der Waals surface area contributed by atoms with Crippen molar-refractivity contribution in [1.29, 1.82) is 0 Å². The largest absolute Gasteiger partial charge is 0.464 e. The number of nitrogens with zero attached hydrogens (tertiary/aromatic N) is 1. The molecule has 1 aromatic carbocycles. The number of rotatable bonds is 4. The highest BCUT2D eigenvalue weighted by atomic mass is 19.1. The molecule has 6 heteroatoms. The summed E-state index contributed by atoms with van der Waals surface area (Å²) in [6.07, 6.45) is 1.63. The molecule has 0 radical (unpaired) electrons. The summed E-state index contributed by atoms with van der Waals surface area (Å²) >= 11 is 0. The fourth-order valence-corrected chi connectivity index (χ4v) is 2.51. The number of aromatic nitrogens is 2. The summed E-state index contributed by atoms with van der Waals surface area (Å²) in [4.78, 5) is 14.4. The molecule has 3 rings (SSSR count). The number of hydrogen-bond acceptors (Lipinski definition) is 4. The molecule has 122 valence electrons. The molecule has 3 aromatic rings. The number of hydrogen-bond donors (Lipinski definition) is 1. The first kappa shape index (κ1) is 15.7. The summed E-state index contributed by atoms with van der Waals surface area (Å²) in [7, 11) is 1.30. The van der Waals surface area contributed by atoms with Crippen LogP contribution in [-0.4, -0.2) is 23.2 Å².